The zero-order valence-electron chi connectivity index (χ0n) is 9.44. The Hall–Kier alpha value is -0.220. The molecule has 0 aromatic heterocycles. The third-order valence-electron chi connectivity index (χ3n) is 1.74. The number of unbranched alkanes of at least 4 members (excludes halogenated alkanes) is 1. The van der Waals surface area contributed by atoms with Crippen molar-refractivity contribution in [3.05, 3.63) is 12.4 Å². The summed E-state index contributed by atoms with van der Waals surface area (Å²) >= 11 is 0. The molecule has 4 heteroatoms. The van der Waals surface area contributed by atoms with Crippen LogP contribution in [0.4, 0.5) is 0 Å². The highest BCUT2D eigenvalue weighted by atomic mass is 79.9. The van der Waals surface area contributed by atoms with Crippen molar-refractivity contribution >= 4 is 17.0 Å². The highest BCUT2D eigenvalue weighted by Gasteiger charge is 2.05. The number of aliphatic hydroxyl groups excluding tert-OH is 1. The van der Waals surface area contributed by atoms with Crippen LogP contribution in [0.25, 0.3) is 0 Å². The van der Waals surface area contributed by atoms with Crippen LogP contribution >= 0.6 is 17.0 Å². The molecule has 0 spiro atoms. The number of hydrogen-bond donors (Lipinski definition) is 1. The quantitative estimate of drug-likeness (QED) is 0.847. The van der Waals surface area contributed by atoms with E-state index in [-0.39, 0.29) is 23.6 Å². The summed E-state index contributed by atoms with van der Waals surface area (Å²) < 4.78 is 0. The Bertz CT molecular complexity index is 142. The Morgan fingerprint density at radius 1 is 1.29 bits per heavy atom. The Morgan fingerprint density at radius 2 is 1.86 bits per heavy atom. The number of nitrogens with zero attached hydrogens (tertiary/aromatic N) is 2. The normalized spacial score (nSPS) is 13.4. The maximum atomic E-state index is 7.57. The average molecular weight is 267 g/mol. The van der Waals surface area contributed by atoms with Crippen molar-refractivity contribution in [3.63, 3.8) is 0 Å². The first kappa shape index (κ1) is 16.2. The second-order valence-electron chi connectivity index (χ2n) is 3.18. The predicted molar refractivity (Wildman–Crippen MR) is 66.5 cm³/mol. The largest absolute Gasteiger partial charge is 0.397 e. The van der Waals surface area contributed by atoms with Gasteiger partial charge in [0.25, 0.3) is 0 Å². The monoisotopic (exact) mass is 266 g/mol. The molecule has 0 unspecified atom stereocenters. The van der Waals surface area contributed by atoms with E-state index in [1.807, 2.05) is 0 Å². The van der Waals surface area contributed by atoms with Crippen molar-refractivity contribution in [2.45, 2.75) is 26.7 Å². The lowest BCUT2D eigenvalue weighted by molar-refractivity contribution is 0.293. The summed E-state index contributed by atoms with van der Waals surface area (Å²) in [7, 11) is 2.10. The first-order valence-electron chi connectivity index (χ1n) is 4.98. The molecule has 1 heterocycles. The zero-order valence-corrected chi connectivity index (χ0v) is 11.2. The van der Waals surface area contributed by atoms with Gasteiger partial charge in [0.2, 0.25) is 0 Å². The van der Waals surface area contributed by atoms with Crippen LogP contribution in [0.3, 0.4) is 0 Å². The Kier molecular flexibility index (Phi) is 12.6. The molecule has 0 fully saturated rings. The lowest BCUT2D eigenvalue weighted by Gasteiger charge is -2.17. The second-order valence-corrected chi connectivity index (χ2v) is 3.18. The van der Waals surface area contributed by atoms with Crippen LogP contribution in [0.1, 0.15) is 26.7 Å². The van der Waals surface area contributed by atoms with E-state index in [1.165, 1.54) is 19.4 Å². The van der Waals surface area contributed by atoms with Gasteiger partial charge >= 0.3 is 0 Å². The third kappa shape index (κ3) is 8.38. The molecule has 0 bridgehead atoms. The van der Waals surface area contributed by atoms with Gasteiger partial charge in [-0.05, 0) is 13.3 Å². The van der Waals surface area contributed by atoms with Crippen molar-refractivity contribution in [2.24, 2.45) is 0 Å². The second kappa shape index (κ2) is 10.9. The van der Waals surface area contributed by atoms with Gasteiger partial charge in [-0.1, -0.05) is 13.3 Å². The summed E-state index contributed by atoms with van der Waals surface area (Å²) in [6.07, 6.45) is 6.87. The molecule has 0 aliphatic carbocycles. The fraction of sp³-hybridized carbons (Fsp3) is 0.800. The first-order chi connectivity index (χ1) is 6.24. The van der Waals surface area contributed by atoms with Crippen LogP contribution in [-0.2, 0) is 0 Å². The molecule has 0 amide bonds. The van der Waals surface area contributed by atoms with Gasteiger partial charge in [-0.15, -0.1) is 17.0 Å². The van der Waals surface area contributed by atoms with Gasteiger partial charge in [0.1, 0.15) is 0 Å². The molecule has 0 saturated carbocycles. The summed E-state index contributed by atoms with van der Waals surface area (Å²) in [6, 6.07) is 0. The number of rotatable bonds is 3. The molecule has 0 radical (unpaired) electrons. The number of aliphatic hydroxyl groups is 1. The summed E-state index contributed by atoms with van der Waals surface area (Å²) in [6.45, 7) is 6.43. The van der Waals surface area contributed by atoms with Crippen molar-refractivity contribution in [1.82, 2.24) is 9.80 Å². The molecule has 0 atom stereocenters. The summed E-state index contributed by atoms with van der Waals surface area (Å²) in [5.74, 6) is 0. The van der Waals surface area contributed by atoms with E-state index in [1.54, 1.807) is 6.92 Å². The van der Waals surface area contributed by atoms with E-state index >= 15 is 0 Å². The molecular formula is C10H23BrN2O. The molecule has 1 aliphatic rings. The lowest BCUT2D eigenvalue weighted by Crippen LogP contribution is -2.23. The van der Waals surface area contributed by atoms with E-state index in [9.17, 15) is 0 Å². The maximum absolute atomic E-state index is 7.57. The first-order valence-corrected chi connectivity index (χ1v) is 4.98. The fourth-order valence-electron chi connectivity index (χ4n) is 1.10. The summed E-state index contributed by atoms with van der Waals surface area (Å²) in [5.41, 5.74) is 0. The van der Waals surface area contributed by atoms with E-state index in [0.29, 0.717) is 0 Å². The number of halogens is 1. The van der Waals surface area contributed by atoms with Gasteiger partial charge in [0.15, 0.2) is 0 Å². The zero-order chi connectivity index (χ0) is 10.1. The van der Waals surface area contributed by atoms with Crippen LogP contribution < -0.4 is 0 Å². The smallest absolute Gasteiger partial charge is 0.0890 e. The standard InChI is InChI=1S/C8H16N2.C2H6O.BrH/c1-3-4-5-10-7-6-9(2)8-10;1-2-3;/h6-7H,3-5,8H2,1-2H3;3H,2H2,1H3;1H. The van der Waals surface area contributed by atoms with Crippen molar-refractivity contribution in [1.29, 1.82) is 0 Å². The molecule has 14 heavy (non-hydrogen) atoms. The molecule has 0 aromatic carbocycles. The van der Waals surface area contributed by atoms with Crippen LogP contribution in [0, 0.1) is 0 Å². The lowest BCUT2D eigenvalue weighted by atomic mass is 10.3. The Morgan fingerprint density at radius 3 is 2.21 bits per heavy atom. The molecule has 0 saturated heterocycles. The topological polar surface area (TPSA) is 26.7 Å². The van der Waals surface area contributed by atoms with Crippen molar-refractivity contribution in [3.8, 4) is 0 Å². The average Bonchev–Trinajstić information content (AvgIpc) is 2.49. The molecule has 86 valence electrons. The molecule has 1 N–H and O–H groups in total. The molecule has 1 rings (SSSR count). The van der Waals surface area contributed by atoms with Gasteiger partial charge in [-0.2, -0.15) is 0 Å². The maximum Gasteiger partial charge on any atom is 0.0890 e. The predicted octanol–water partition coefficient (Wildman–Crippen LogP) is 2.04. The number of hydrogen-bond acceptors (Lipinski definition) is 3. The minimum Gasteiger partial charge on any atom is -0.397 e. The van der Waals surface area contributed by atoms with Crippen molar-refractivity contribution < 1.29 is 5.11 Å². The SMILES string of the molecule is Br.CCCCN1C=CN(C)C1.CCO. The minimum atomic E-state index is 0. The van der Waals surface area contributed by atoms with Gasteiger partial charge < -0.3 is 14.9 Å². The summed E-state index contributed by atoms with van der Waals surface area (Å²) in [4.78, 5) is 4.53. The molecule has 1 aliphatic heterocycles. The molecular weight excluding hydrogens is 244 g/mol. The van der Waals surface area contributed by atoms with E-state index < -0.39 is 0 Å². The van der Waals surface area contributed by atoms with E-state index in [0.717, 1.165) is 6.67 Å². The van der Waals surface area contributed by atoms with Crippen LogP contribution in [-0.4, -0.2) is 41.8 Å². The molecule has 0 aromatic rings. The van der Waals surface area contributed by atoms with Crippen LogP contribution in [0.15, 0.2) is 12.4 Å². The van der Waals surface area contributed by atoms with Gasteiger partial charge in [0, 0.05) is 32.6 Å². The van der Waals surface area contributed by atoms with Crippen molar-refractivity contribution in [2.75, 3.05) is 26.9 Å². The Balaban J connectivity index is 0. The van der Waals surface area contributed by atoms with Gasteiger partial charge in [0.05, 0.1) is 6.67 Å². The Labute approximate surface area is 98.2 Å². The van der Waals surface area contributed by atoms with E-state index in [2.05, 4.69) is 36.2 Å². The van der Waals surface area contributed by atoms with Crippen LogP contribution in [0.2, 0.25) is 0 Å². The van der Waals surface area contributed by atoms with Gasteiger partial charge in [-0.3, -0.25) is 0 Å². The summed E-state index contributed by atoms with van der Waals surface area (Å²) in [5, 5.41) is 7.57. The minimum absolute atomic E-state index is 0. The highest BCUT2D eigenvalue weighted by Crippen LogP contribution is 2.04. The van der Waals surface area contributed by atoms with Crippen LogP contribution in [0.5, 0.6) is 0 Å². The fourth-order valence-corrected chi connectivity index (χ4v) is 1.10. The molecule has 3 nitrogen and oxygen atoms in total. The highest BCUT2D eigenvalue weighted by molar-refractivity contribution is 8.93. The third-order valence-corrected chi connectivity index (χ3v) is 1.74. The van der Waals surface area contributed by atoms with Gasteiger partial charge in [-0.25, -0.2) is 0 Å². The van der Waals surface area contributed by atoms with E-state index in [4.69, 9.17) is 5.11 Å².